The number of carbonyl (C=O) groups excluding carboxylic acids is 2. The summed E-state index contributed by atoms with van der Waals surface area (Å²) in [4.78, 5) is 30.1. The summed E-state index contributed by atoms with van der Waals surface area (Å²) in [5.41, 5.74) is 0.694. The molecular formula is C20H23FN2O3S. The number of hydrogen-bond donors (Lipinski definition) is 0. The lowest BCUT2D eigenvalue weighted by molar-refractivity contribution is -0.141. The van der Waals surface area contributed by atoms with E-state index in [1.54, 1.807) is 17.9 Å². The van der Waals surface area contributed by atoms with E-state index >= 15 is 0 Å². The maximum atomic E-state index is 14.2. The number of fused-ring (bicyclic) bond motifs is 1. The van der Waals surface area contributed by atoms with Crippen LogP contribution in [0.4, 0.5) is 4.39 Å². The molecular weight excluding hydrogens is 367 g/mol. The molecule has 5 nitrogen and oxygen atoms in total. The lowest BCUT2D eigenvalue weighted by Crippen LogP contribution is -2.49. The molecule has 2 aliphatic heterocycles. The van der Waals surface area contributed by atoms with Gasteiger partial charge in [-0.15, -0.1) is 11.3 Å². The van der Waals surface area contributed by atoms with Gasteiger partial charge >= 0.3 is 0 Å². The molecule has 1 atom stereocenters. The standard InChI is InChI=1S/C20H23FN2O3S/c1-13-17-15(21)5-2-6-16(17)27-18(13)20(25)23-7-3-4-14(12-23)19(24)22-8-10-26-11-9-22/h2,5-6,14H,3-4,7-12H2,1H3. The van der Waals surface area contributed by atoms with Crippen LogP contribution in [0.3, 0.4) is 0 Å². The molecule has 1 unspecified atom stereocenters. The third-order valence-corrected chi connectivity index (χ3v) is 6.72. The van der Waals surface area contributed by atoms with E-state index < -0.39 is 0 Å². The van der Waals surface area contributed by atoms with E-state index in [9.17, 15) is 14.0 Å². The molecule has 3 heterocycles. The third kappa shape index (κ3) is 3.46. The predicted octanol–water partition coefficient (Wildman–Crippen LogP) is 3.06. The Labute approximate surface area is 161 Å². The smallest absolute Gasteiger partial charge is 0.264 e. The van der Waals surface area contributed by atoms with Gasteiger partial charge in [-0.2, -0.15) is 0 Å². The number of amides is 2. The van der Waals surface area contributed by atoms with Gasteiger partial charge in [0.2, 0.25) is 5.91 Å². The topological polar surface area (TPSA) is 49.9 Å². The van der Waals surface area contributed by atoms with Crippen LogP contribution >= 0.6 is 11.3 Å². The number of carbonyl (C=O) groups is 2. The van der Waals surface area contributed by atoms with Gasteiger partial charge in [0, 0.05) is 36.3 Å². The number of nitrogens with zero attached hydrogens (tertiary/aromatic N) is 2. The van der Waals surface area contributed by atoms with Crippen molar-refractivity contribution < 1.29 is 18.7 Å². The number of thiophene rings is 1. The maximum Gasteiger partial charge on any atom is 0.264 e. The lowest BCUT2D eigenvalue weighted by Gasteiger charge is -2.36. The molecule has 2 aromatic rings. The highest BCUT2D eigenvalue weighted by Gasteiger charge is 2.33. The number of hydrogen-bond acceptors (Lipinski definition) is 4. The molecule has 144 valence electrons. The molecule has 4 rings (SSSR count). The normalized spacial score (nSPS) is 20.9. The Hall–Kier alpha value is -1.99. The van der Waals surface area contributed by atoms with Gasteiger partial charge in [-0.25, -0.2) is 4.39 Å². The summed E-state index contributed by atoms with van der Waals surface area (Å²) in [7, 11) is 0. The number of likely N-dealkylation sites (tertiary alicyclic amines) is 1. The maximum absolute atomic E-state index is 14.2. The molecule has 27 heavy (non-hydrogen) atoms. The molecule has 0 N–H and O–H groups in total. The van der Waals surface area contributed by atoms with Crippen LogP contribution in [0.1, 0.15) is 28.1 Å². The van der Waals surface area contributed by atoms with Gasteiger partial charge < -0.3 is 14.5 Å². The highest BCUT2D eigenvalue weighted by molar-refractivity contribution is 7.21. The summed E-state index contributed by atoms with van der Waals surface area (Å²) in [5.74, 6) is -0.422. The Kier molecular flexibility index (Phi) is 5.14. The van der Waals surface area contributed by atoms with Crippen LogP contribution in [0.15, 0.2) is 18.2 Å². The van der Waals surface area contributed by atoms with E-state index in [-0.39, 0.29) is 23.5 Å². The molecule has 2 aliphatic rings. The van der Waals surface area contributed by atoms with Gasteiger partial charge in [0.05, 0.1) is 24.0 Å². The van der Waals surface area contributed by atoms with Crippen LogP contribution in [0.25, 0.3) is 10.1 Å². The molecule has 0 bridgehead atoms. The molecule has 1 aromatic heterocycles. The Balaban J connectivity index is 1.53. The van der Waals surface area contributed by atoms with Crippen molar-refractivity contribution in [1.29, 1.82) is 0 Å². The molecule has 2 fully saturated rings. The first-order valence-corrected chi connectivity index (χ1v) is 10.2. The number of piperidine rings is 1. The van der Waals surface area contributed by atoms with Gasteiger partial charge in [0.15, 0.2) is 0 Å². The SMILES string of the molecule is Cc1c(C(=O)N2CCCC(C(=O)N3CCOCC3)C2)sc2cccc(F)c12. The summed E-state index contributed by atoms with van der Waals surface area (Å²) in [6, 6.07) is 4.93. The number of ether oxygens (including phenoxy) is 1. The first-order valence-electron chi connectivity index (χ1n) is 9.39. The van der Waals surface area contributed by atoms with Crippen molar-refractivity contribution >= 4 is 33.2 Å². The largest absolute Gasteiger partial charge is 0.378 e. The zero-order chi connectivity index (χ0) is 19.0. The van der Waals surface area contributed by atoms with Crippen LogP contribution < -0.4 is 0 Å². The average Bonchev–Trinajstić information content (AvgIpc) is 3.05. The predicted molar refractivity (Wildman–Crippen MR) is 103 cm³/mol. The Morgan fingerprint density at radius 3 is 2.70 bits per heavy atom. The minimum atomic E-state index is -0.292. The van der Waals surface area contributed by atoms with E-state index in [0.717, 1.165) is 17.5 Å². The van der Waals surface area contributed by atoms with E-state index in [4.69, 9.17) is 4.74 Å². The van der Waals surface area contributed by atoms with Crippen molar-refractivity contribution in [3.63, 3.8) is 0 Å². The quantitative estimate of drug-likeness (QED) is 0.792. The van der Waals surface area contributed by atoms with Crippen LogP contribution in [-0.4, -0.2) is 61.0 Å². The number of halogens is 1. The first kappa shape index (κ1) is 18.4. The van der Waals surface area contributed by atoms with E-state index in [2.05, 4.69) is 0 Å². The van der Waals surface area contributed by atoms with E-state index in [1.165, 1.54) is 17.4 Å². The summed E-state index contributed by atoms with van der Waals surface area (Å²) < 4.78 is 20.3. The Morgan fingerprint density at radius 1 is 1.19 bits per heavy atom. The number of morpholine rings is 1. The van der Waals surface area contributed by atoms with Crippen molar-refractivity contribution in [2.24, 2.45) is 5.92 Å². The summed E-state index contributed by atoms with van der Waals surface area (Å²) in [5, 5.41) is 0.531. The summed E-state index contributed by atoms with van der Waals surface area (Å²) >= 11 is 1.33. The minimum Gasteiger partial charge on any atom is -0.378 e. The fraction of sp³-hybridized carbons (Fsp3) is 0.500. The number of benzene rings is 1. The van der Waals surface area contributed by atoms with Gasteiger partial charge in [0.1, 0.15) is 5.82 Å². The number of aryl methyl sites for hydroxylation is 1. The molecule has 0 aliphatic carbocycles. The fourth-order valence-electron chi connectivity index (χ4n) is 4.01. The molecule has 0 saturated carbocycles. The molecule has 0 radical (unpaired) electrons. The second kappa shape index (κ2) is 7.56. The van der Waals surface area contributed by atoms with Crippen LogP contribution in [0.5, 0.6) is 0 Å². The van der Waals surface area contributed by atoms with E-state index in [0.29, 0.717) is 55.2 Å². The minimum absolute atomic E-state index is 0.0902. The van der Waals surface area contributed by atoms with Crippen molar-refractivity contribution in [2.45, 2.75) is 19.8 Å². The third-order valence-electron chi connectivity index (χ3n) is 5.48. The zero-order valence-electron chi connectivity index (χ0n) is 15.4. The second-order valence-corrected chi connectivity index (χ2v) is 8.25. The summed E-state index contributed by atoms with van der Waals surface area (Å²) in [6.45, 7) is 5.28. The molecule has 2 amide bonds. The average molecular weight is 390 g/mol. The van der Waals surface area contributed by atoms with Crippen LogP contribution in [0, 0.1) is 18.7 Å². The fourth-order valence-corrected chi connectivity index (χ4v) is 5.20. The zero-order valence-corrected chi connectivity index (χ0v) is 16.2. The molecule has 0 spiro atoms. The van der Waals surface area contributed by atoms with Crippen molar-refractivity contribution in [1.82, 2.24) is 9.80 Å². The van der Waals surface area contributed by atoms with Gasteiger partial charge in [-0.1, -0.05) is 6.07 Å². The van der Waals surface area contributed by atoms with Crippen molar-refractivity contribution in [3.05, 3.63) is 34.5 Å². The first-order chi connectivity index (χ1) is 13.1. The van der Waals surface area contributed by atoms with Crippen LogP contribution in [-0.2, 0) is 9.53 Å². The Bertz CT molecular complexity index is 875. The van der Waals surface area contributed by atoms with Gasteiger partial charge in [-0.05, 0) is 37.5 Å². The molecule has 7 heteroatoms. The van der Waals surface area contributed by atoms with Crippen molar-refractivity contribution in [2.75, 3.05) is 39.4 Å². The monoisotopic (exact) mass is 390 g/mol. The van der Waals surface area contributed by atoms with E-state index in [1.807, 2.05) is 11.0 Å². The lowest BCUT2D eigenvalue weighted by atomic mass is 9.96. The highest BCUT2D eigenvalue weighted by atomic mass is 32.1. The molecule has 2 saturated heterocycles. The molecule has 1 aromatic carbocycles. The van der Waals surface area contributed by atoms with Gasteiger partial charge in [0.25, 0.3) is 5.91 Å². The summed E-state index contributed by atoms with van der Waals surface area (Å²) in [6.07, 6.45) is 1.62. The Morgan fingerprint density at radius 2 is 1.96 bits per heavy atom. The van der Waals surface area contributed by atoms with Crippen molar-refractivity contribution in [3.8, 4) is 0 Å². The highest BCUT2D eigenvalue weighted by Crippen LogP contribution is 2.34. The second-order valence-electron chi connectivity index (χ2n) is 7.20. The van der Waals surface area contributed by atoms with Gasteiger partial charge in [-0.3, -0.25) is 9.59 Å². The number of rotatable bonds is 2. The van der Waals surface area contributed by atoms with Crippen LogP contribution in [0.2, 0.25) is 0 Å².